The summed E-state index contributed by atoms with van der Waals surface area (Å²) in [5.41, 5.74) is 0.125. The lowest BCUT2D eigenvalue weighted by molar-refractivity contribution is 0.415. The molecule has 0 aromatic heterocycles. The summed E-state index contributed by atoms with van der Waals surface area (Å²) >= 11 is 0. The van der Waals surface area contributed by atoms with E-state index in [0.29, 0.717) is 22.6 Å². The Kier molecular flexibility index (Phi) is 3.54. The molecule has 2 aromatic carbocycles. The number of ether oxygens (including phenoxy) is 1. The molecule has 0 bridgehead atoms. The molecule has 0 radical (unpaired) electrons. The minimum atomic E-state index is -4.39. The molecule has 0 unspecified atom stereocenters. The molecule has 0 saturated heterocycles. The van der Waals surface area contributed by atoms with E-state index in [1.54, 1.807) is 13.8 Å². The maximum atomic E-state index is 11.4. The molecule has 0 atom stereocenters. The number of hydrogen-bond acceptors (Lipinski definition) is 5. The quantitative estimate of drug-likeness (QED) is 0.780. The van der Waals surface area contributed by atoms with Crippen LogP contribution in [0.4, 0.5) is 0 Å². The number of hydrogen-bond donors (Lipinski definition) is 2. The van der Waals surface area contributed by atoms with E-state index in [-0.39, 0.29) is 9.79 Å². The Morgan fingerprint density at radius 3 is 1.50 bits per heavy atom. The Balaban J connectivity index is 2.25. The van der Waals surface area contributed by atoms with Crippen LogP contribution >= 0.6 is 0 Å². The summed E-state index contributed by atoms with van der Waals surface area (Å²) in [6.45, 7) is 3.52. The lowest BCUT2D eigenvalue weighted by atomic mass is 9.76. The van der Waals surface area contributed by atoms with Crippen molar-refractivity contribution in [3.63, 3.8) is 0 Å². The smallest absolute Gasteiger partial charge is 0.294 e. The second-order valence-corrected chi connectivity index (χ2v) is 8.84. The maximum absolute atomic E-state index is 11.4. The van der Waals surface area contributed by atoms with Gasteiger partial charge in [-0.1, -0.05) is 13.8 Å². The van der Waals surface area contributed by atoms with Gasteiger partial charge in [-0.15, -0.1) is 0 Å². The zero-order valence-electron chi connectivity index (χ0n) is 12.7. The summed E-state index contributed by atoms with van der Waals surface area (Å²) in [7, 11) is -8.77. The molecular weight excluding hydrogens is 356 g/mol. The van der Waals surface area contributed by atoms with E-state index in [4.69, 9.17) is 4.74 Å². The van der Waals surface area contributed by atoms with Crippen LogP contribution in [-0.2, 0) is 25.7 Å². The Labute approximate surface area is 139 Å². The minimum Gasteiger partial charge on any atom is -0.457 e. The van der Waals surface area contributed by atoms with Crippen LogP contribution in [0.1, 0.15) is 25.0 Å². The molecule has 1 aliphatic heterocycles. The van der Waals surface area contributed by atoms with E-state index in [1.165, 1.54) is 36.4 Å². The first-order valence-electron chi connectivity index (χ1n) is 6.82. The zero-order chi connectivity index (χ0) is 17.9. The van der Waals surface area contributed by atoms with Crippen molar-refractivity contribution in [1.29, 1.82) is 0 Å². The molecule has 0 fully saturated rings. The fourth-order valence-electron chi connectivity index (χ4n) is 2.76. The Morgan fingerprint density at radius 2 is 1.17 bits per heavy atom. The molecule has 128 valence electrons. The van der Waals surface area contributed by atoms with E-state index in [9.17, 15) is 25.9 Å². The number of rotatable bonds is 2. The van der Waals surface area contributed by atoms with Crippen molar-refractivity contribution in [3.05, 3.63) is 47.5 Å². The van der Waals surface area contributed by atoms with Gasteiger partial charge in [0, 0.05) is 16.5 Å². The van der Waals surface area contributed by atoms with Gasteiger partial charge in [0.2, 0.25) is 0 Å². The average Bonchev–Trinajstić information content (AvgIpc) is 2.44. The highest BCUT2D eigenvalue weighted by atomic mass is 32.2. The monoisotopic (exact) mass is 370 g/mol. The van der Waals surface area contributed by atoms with Crippen molar-refractivity contribution in [2.75, 3.05) is 0 Å². The normalized spacial score (nSPS) is 16.0. The van der Waals surface area contributed by atoms with Crippen LogP contribution in [0, 0.1) is 0 Å². The van der Waals surface area contributed by atoms with Crippen molar-refractivity contribution in [3.8, 4) is 11.5 Å². The summed E-state index contributed by atoms with van der Waals surface area (Å²) in [5.74, 6) is 0.805. The summed E-state index contributed by atoms with van der Waals surface area (Å²) in [5, 5.41) is 0. The van der Waals surface area contributed by atoms with Crippen LogP contribution in [0.2, 0.25) is 0 Å². The van der Waals surface area contributed by atoms with Crippen LogP contribution < -0.4 is 4.74 Å². The van der Waals surface area contributed by atoms with Crippen LogP contribution in [0.25, 0.3) is 0 Å². The van der Waals surface area contributed by atoms with Crippen molar-refractivity contribution >= 4 is 20.2 Å². The van der Waals surface area contributed by atoms with Gasteiger partial charge in [0.15, 0.2) is 0 Å². The van der Waals surface area contributed by atoms with Crippen molar-refractivity contribution < 1.29 is 30.7 Å². The van der Waals surface area contributed by atoms with E-state index in [1.807, 2.05) is 0 Å². The highest BCUT2D eigenvalue weighted by molar-refractivity contribution is 7.86. The third kappa shape index (κ3) is 2.69. The second-order valence-electron chi connectivity index (χ2n) is 5.99. The molecule has 3 rings (SSSR count). The van der Waals surface area contributed by atoms with Gasteiger partial charge in [0.1, 0.15) is 11.5 Å². The molecule has 0 amide bonds. The Hall–Kier alpha value is -1.94. The first kappa shape index (κ1) is 16.9. The molecule has 0 aliphatic carbocycles. The number of benzene rings is 2. The van der Waals surface area contributed by atoms with E-state index >= 15 is 0 Å². The van der Waals surface area contributed by atoms with Crippen molar-refractivity contribution in [1.82, 2.24) is 0 Å². The molecule has 1 heterocycles. The van der Waals surface area contributed by atoms with Crippen molar-refractivity contribution in [2.24, 2.45) is 0 Å². The molecule has 2 N–H and O–H groups in total. The van der Waals surface area contributed by atoms with Crippen LogP contribution in [0.5, 0.6) is 11.5 Å². The molecule has 0 spiro atoms. The van der Waals surface area contributed by atoms with Gasteiger partial charge < -0.3 is 4.74 Å². The van der Waals surface area contributed by atoms with E-state index in [2.05, 4.69) is 0 Å². The van der Waals surface area contributed by atoms with Gasteiger partial charge in [0.05, 0.1) is 9.79 Å². The maximum Gasteiger partial charge on any atom is 0.294 e. The summed E-state index contributed by atoms with van der Waals surface area (Å²) in [4.78, 5) is -0.570. The third-order valence-corrected chi connectivity index (χ3v) is 5.76. The first-order valence-corrected chi connectivity index (χ1v) is 9.70. The standard InChI is InChI=1S/C15H14O7S2/c1-15(2)11-7-9(23(16,17)18)3-5-13(11)22-14-6-4-10(8-12(14)15)24(19,20)21/h3-8H,1-2H3,(H,16,17,18)(H,19,20,21). The fourth-order valence-corrected chi connectivity index (χ4v) is 3.77. The average molecular weight is 370 g/mol. The summed E-state index contributed by atoms with van der Waals surface area (Å²) in [6, 6.07) is 7.88. The van der Waals surface area contributed by atoms with Gasteiger partial charge >= 0.3 is 0 Å². The van der Waals surface area contributed by atoms with Gasteiger partial charge in [-0.2, -0.15) is 16.8 Å². The molecule has 1 aliphatic rings. The van der Waals surface area contributed by atoms with Crippen molar-refractivity contribution in [2.45, 2.75) is 29.1 Å². The Morgan fingerprint density at radius 1 is 0.792 bits per heavy atom. The zero-order valence-corrected chi connectivity index (χ0v) is 14.3. The minimum absolute atomic E-state index is 0.285. The summed E-state index contributed by atoms with van der Waals surface area (Å²) in [6.07, 6.45) is 0. The largest absolute Gasteiger partial charge is 0.457 e. The predicted molar refractivity (Wildman–Crippen MR) is 84.7 cm³/mol. The molecule has 9 heteroatoms. The van der Waals surface area contributed by atoms with Crippen LogP contribution in [-0.4, -0.2) is 25.9 Å². The highest BCUT2D eigenvalue weighted by Gasteiger charge is 2.36. The second kappa shape index (κ2) is 5.03. The predicted octanol–water partition coefficient (Wildman–Crippen LogP) is 2.61. The third-order valence-electron chi connectivity index (χ3n) is 4.06. The molecular formula is C15H14O7S2. The highest BCUT2D eigenvalue weighted by Crippen LogP contribution is 2.48. The van der Waals surface area contributed by atoms with Gasteiger partial charge in [-0.05, 0) is 36.4 Å². The Bertz CT molecular complexity index is 968. The molecule has 24 heavy (non-hydrogen) atoms. The SMILES string of the molecule is CC1(C)c2cc(S(=O)(=O)O)ccc2Oc2ccc(S(=O)(=O)O)cc21. The van der Waals surface area contributed by atoms with E-state index < -0.39 is 25.7 Å². The summed E-state index contributed by atoms with van der Waals surface area (Å²) < 4.78 is 69.6. The number of fused-ring (bicyclic) bond motifs is 2. The first-order chi connectivity index (χ1) is 10.9. The molecule has 0 saturated carbocycles. The van der Waals surface area contributed by atoms with Gasteiger partial charge in [0.25, 0.3) is 20.2 Å². The lowest BCUT2D eigenvalue weighted by Gasteiger charge is -2.34. The topological polar surface area (TPSA) is 118 Å². The van der Waals surface area contributed by atoms with E-state index in [0.717, 1.165) is 0 Å². The van der Waals surface area contributed by atoms with Crippen LogP contribution in [0.15, 0.2) is 46.2 Å². The molecule has 7 nitrogen and oxygen atoms in total. The van der Waals surface area contributed by atoms with Crippen LogP contribution in [0.3, 0.4) is 0 Å². The molecule has 2 aromatic rings. The van der Waals surface area contributed by atoms with Gasteiger partial charge in [-0.3, -0.25) is 9.11 Å². The van der Waals surface area contributed by atoms with Gasteiger partial charge in [-0.25, -0.2) is 0 Å². The lowest BCUT2D eigenvalue weighted by Crippen LogP contribution is -2.25. The fraction of sp³-hybridized carbons (Fsp3) is 0.200.